The van der Waals surface area contributed by atoms with E-state index in [0.717, 1.165) is 17.8 Å². The maximum Gasteiger partial charge on any atom is 0.311 e. The van der Waals surface area contributed by atoms with E-state index >= 15 is 0 Å². The van der Waals surface area contributed by atoms with E-state index in [0.29, 0.717) is 12.4 Å². The predicted octanol–water partition coefficient (Wildman–Crippen LogP) is 2.46. The molecule has 0 aliphatic heterocycles. The van der Waals surface area contributed by atoms with Crippen molar-refractivity contribution in [1.82, 2.24) is 14.8 Å². The Morgan fingerprint density at radius 3 is 2.76 bits per heavy atom. The largest absolute Gasteiger partial charge is 0.370 e. The zero-order chi connectivity index (χ0) is 15.4. The molecule has 0 saturated heterocycles. The Balaban J connectivity index is 2.40. The van der Waals surface area contributed by atoms with Gasteiger partial charge in [-0.1, -0.05) is 6.92 Å². The van der Waals surface area contributed by atoms with Gasteiger partial charge in [-0.15, -0.1) is 0 Å². The van der Waals surface area contributed by atoms with E-state index in [1.165, 1.54) is 6.07 Å². The molecule has 0 aromatic carbocycles. The first kappa shape index (κ1) is 14.8. The van der Waals surface area contributed by atoms with Gasteiger partial charge in [0.15, 0.2) is 0 Å². The fourth-order valence-electron chi connectivity index (χ4n) is 2.00. The monoisotopic (exact) mass is 290 g/mol. The molecule has 0 saturated carbocycles. The van der Waals surface area contributed by atoms with Gasteiger partial charge in [-0.3, -0.25) is 14.8 Å². The Labute approximate surface area is 122 Å². The zero-order valence-corrected chi connectivity index (χ0v) is 12.3. The van der Waals surface area contributed by atoms with Gasteiger partial charge in [-0.25, -0.2) is 4.98 Å². The third-order valence-electron chi connectivity index (χ3n) is 2.92. The van der Waals surface area contributed by atoms with Crippen LogP contribution in [0.1, 0.15) is 19.5 Å². The van der Waals surface area contributed by atoms with Crippen molar-refractivity contribution in [3.8, 4) is 0 Å². The molecule has 0 radical (unpaired) electrons. The van der Waals surface area contributed by atoms with Crippen LogP contribution < -0.4 is 10.6 Å². The van der Waals surface area contributed by atoms with E-state index in [2.05, 4.69) is 20.7 Å². The van der Waals surface area contributed by atoms with Crippen molar-refractivity contribution in [2.24, 2.45) is 7.05 Å². The molecule has 8 heteroatoms. The summed E-state index contributed by atoms with van der Waals surface area (Å²) in [5.74, 6) is 0.800. The molecule has 2 N–H and O–H groups in total. The maximum atomic E-state index is 11.1. The molecular weight excluding hydrogens is 272 g/mol. The van der Waals surface area contributed by atoms with Crippen LogP contribution in [0.15, 0.2) is 18.3 Å². The molecule has 0 aliphatic carbocycles. The lowest BCUT2D eigenvalue weighted by Gasteiger charge is -2.08. The van der Waals surface area contributed by atoms with Crippen LogP contribution in [0.3, 0.4) is 0 Å². The Kier molecular flexibility index (Phi) is 4.36. The molecular formula is C13H18N6O2. The lowest BCUT2D eigenvalue weighted by Crippen LogP contribution is -2.05. The van der Waals surface area contributed by atoms with Crippen molar-refractivity contribution in [2.45, 2.75) is 20.3 Å². The van der Waals surface area contributed by atoms with Gasteiger partial charge < -0.3 is 10.6 Å². The minimum Gasteiger partial charge on any atom is -0.370 e. The van der Waals surface area contributed by atoms with Gasteiger partial charge in [-0.2, -0.15) is 5.10 Å². The smallest absolute Gasteiger partial charge is 0.311 e. The predicted molar refractivity (Wildman–Crippen MR) is 80.9 cm³/mol. The minimum absolute atomic E-state index is 0.0671. The van der Waals surface area contributed by atoms with E-state index in [-0.39, 0.29) is 11.5 Å². The van der Waals surface area contributed by atoms with Crippen molar-refractivity contribution in [3.05, 3.63) is 34.1 Å². The number of pyridine rings is 1. The number of nitro groups is 1. The van der Waals surface area contributed by atoms with Gasteiger partial charge in [-0.05, 0) is 19.4 Å². The number of hydrogen-bond donors (Lipinski definition) is 2. The van der Waals surface area contributed by atoms with E-state index in [1.807, 2.05) is 13.8 Å². The van der Waals surface area contributed by atoms with Gasteiger partial charge >= 0.3 is 5.69 Å². The minimum atomic E-state index is -0.451. The first-order chi connectivity index (χ1) is 10.0. The van der Waals surface area contributed by atoms with Crippen LogP contribution in [0.2, 0.25) is 0 Å². The maximum absolute atomic E-state index is 11.1. The third-order valence-corrected chi connectivity index (χ3v) is 2.92. The van der Waals surface area contributed by atoms with Crippen LogP contribution in [0, 0.1) is 10.1 Å². The summed E-state index contributed by atoms with van der Waals surface area (Å²) in [6, 6.07) is 3.03. The van der Waals surface area contributed by atoms with Gasteiger partial charge in [0.25, 0.3) is 0 Å². The Hall–Kier alpha value is -2.64. The summed E-state index contributed by atoms with van der Waals surface area (Å²) < 4.78 is 1.67. The number of nitrogens with one attached hydrogen (secondary N) is 2. The molecule has 112 valence electrons. The topological polar surface area (TPSA) is 97.9 Å². The number of aryl methyl sites for hydroxylation is 2. The first-order valence-electron chi connectivity index (χ1n) is 6.74. The fourth-order valence-corrected chi connectivity index (χ4v) is 2.00. The zero-order valence-electron chi connectivity index (χ0n) is 12.3. The van der Waals surface area contributed by atoms with Crippen molar-refractivity contribution in [3.63, 3.8) is 0 Å². The number of rotatable bonds is 6. The highest BCUT2D eigenvalue weighted by Crippen LogP contribution is 2.28. The Bertz CT molecular complexity index is 652. The van der Waals surface area contributed by atoms with Crippen molar-refractivity contribution in [1.29, 1.82) is 0 Å². The Morgan fingerprint density at radius 1 is 1.38 bits per heavy atom. The summed E-state index contributed by atoms with van der Waals surface area (Å²) in [5.41, 5.74) is 1.49. The third kappa shape index (κ3) is 3.28. The van der Waals surface area contributed by atoms with Crippen LogP contribution >= 0.6 is 0 Å². The quantitative estimate of drug-likeness (QED) is 0.626. The summed E-state index contributed by atoms with van der Waals surface area (Å²) in [5, 5.41) is 21.5. The number of hydrogen-bond acceptors (Lipinski definition) is 6. The molecule has 0 spiro atoms. The van der Waals surface area contributed by atoms with Gasteiger partial charge in [0.05, 0.1) is 16.3 Å². The molecule has 0 aliphatic rings. The molecule has 21 heavy (non-hydrogen) atoms. The summed E-state index contributed by atoms with van der Waals surface area (Å²) in [6.07, 6.45) is 2.51. The fraction of sp³-hybridized carbons (Fsp3) is 0.385. The molecule has 0 fully saturated rings. The second-order valence-corrected chi connectivity index (χ2v) is 4.49. The second kappa shape index (κ2) is 6.21. The van der Waals surface area contributed by atoms with E-state index < -0.39 is 4.92 Å². The van der Waals surface area contributed by atoms with E-state index in [9.17, 15) is 10.1 Å². The van der Waals surface area contributed by atoms with Crippen molar-refractivity contribution in [2.75, 3.05) is 17.2 Å². The van der Waals surface area contributed by atoms with Crippen LogP contribution in [-0.2, 0) is 13.5 Å². The molecule has 8 nitrogen and oxygen atoms in total. The first-order valence-corrected chi connectivity index (χ1v) is 6.74. The van der Waals surface area contributed by atoms with Crippen molar-refractivity contribution >= 4 is 23.0 Å². The number of aromatic nitrogens is 3. The van der Waals surface area contributed by atoms with E-state index in [4.69, 9.17) is 0 Å². The molecule has 2 rings (SSSR count). The normalized spacial score (nSPS) is 10.4. The molecule has 2 heterocycles. The van der Waals surface area contributed by atoms with E-state index in [1.54, 1.807) is 24.0 Å². The standard InChI is InChI=1S/C13H18N6O2/c1-4-9-10(8-18(3)17-9)15-13-11(19(20)21)6-7-12(16-13)14-5-2/h6-8H,4-5H2,1-3H3,(H2,14,15,16). The summed E-state index contributed by atoms with van der Waals surface area (Å²) >= 11 is 0. The van der Waals surface area contributed by atoms with Crippen LogP contribution in [-0.4, -0.2) is 26.2 Å². The lowest BCUT2D eigenvalue weighted by molar-refractivity contribution is -0.384. The summed E-state index contributed by atoms with van der Waals surface area (Å²) in [7, 11) is 1.81. The summed E-state index contributed by atoms with van der Waals surface area (Å²) in [6.45, 7) is 4.61. The molecule has 2 aromatic rings. The second-order valence-electron chi connectivity index (χ2n) is 4.49. The molecule has 0 unspecified atom stereocenters. The summed E-state index contributed by atoms with van der Waals surface area (Å²) in [4.78, 5) is 14.9. The van der Waals surface area contributed by atoms with Crippen LogP contribution in [0.25, 0.3) is 0 Å². The average Bonchev–Trinajstić information content (AvgIpc) is 2.79. The van der Waals surface area contributed by atoms with Gasteiger partial charge in [0.1, 0.15) is 5.82 Å². The lowest BCUT2D eigenvalue weighted by atomic mass is 10.3. The average molecular weight is 290 g/mol. The Morgan fingerprint density at radius 2 is 2.14 bits per heavy atom. The highest BCUT2D eigenvalue weighted by atomic mass is 16.6. The molecule has 2 aromatic heterocycles. The van der Waals surface area contributed by atoms with Crippen LogP contribution in [0.5, 0.6) is 0 Å². The molecule has 0 atom stereocenters. The number of anilines is 3. The van der Waals surface area contributed by atoms with Gasteiger partial charge in [0, 0.05) is 25.9 Å². The van der Waals surface area contributed by atoms with Gasteiger partial charge in [0.2, 0.25) is 5.82 Å². The number of nitrogens with zero attached hydrogens (tertiary/aromatic N) is 4. The molecule has 0 bridgehead atoms. The highest BCUT2D eigenvalue weighted by molar-refractivity contribution is 5.68. The molecule has 0 amide bonds. The highest BCUT2D eigenvalue weighted by Gasteiger charge is 2.18. The van der Waals surface area contributed by atoms with Crippen molar-refractivity contribution < 1.29 is 4.92 Å². The van der Waals surface area contributed by atoms with Crippen LogP contribution in [0.4, 0.5) is 23.0 Å². The SMILES string of the molecule is CCNc1ccc([N+](=O)[O-])c(Nc2cn(C)nc2CC)n1.